The topological polar surface area (TPSA) is 35.6 Å². The minimum atomic E-state index is -2.44. The van der Waals surface area contributed by atoms with Crippen LogP contribution < -0.4 is 5.32 Å². The van der Waals surface area contributed by atoms with Gasteiger partial charge >= 0.3 is 7.40 Å². The molecule has 1 N–H and O–H groups in total. The molecule has 0 radical (unpaired) electrons. The van der Waals surface area contributed by atoms with Crippen molar-refractivity contribution >= 4 is 13.3 Å². The Morgan fingerprint density at radius 3 is 2.19 bits per heavy atom. The predicted octanol–water partition coefficient (Wildman–Crippen LogP) is 3.27. The fraction of sp³-hybridized carbons (Fsp3) is 0.947. The number of carbonyl (C=O) groups excluding carboxylic acids is 1. The first-order valence-electron chi connectivity index (χ1n) is 10.2. The summed E-state index contributed by atoms with van der Waals surface area (Å²) < 4.78 is 27.8. The van der Waals surface area contributed by atoms with Crippen molar-refractivity contribution in [1.29, 1.82) is 0 Å². The lowest BCUT2D eigenvalue weighted by Gasteiger charge is -2.42. The summed E-state index contributed by atoms with van der Waals surface area (Å²) in [5, 5.41) is 2.85. The Morgan fingerprint density at radius 2 is 1.69 bits per heavy atom. The Labute approximate surface area is 158 Å². The van der Waals surface area contributed by atoms with Gasteiger partial charge in [0.1, 0.15) is 0 Å². The van der Waals surface area contributed by atoms with Crippen LogP contribution in [0.3, 0.4) is 0 Å². The Balaban J connectivity index is 2.28. The summed E-state index contributed by atoms with van der Waals surface area (Å²) in [5.41, 5.74) is 0. The van der Waals surface area contributed by atoms with Gasteiger partial charge in [0.25, 0.3) is 0 Å². The van der Waals surface area contributed by atoms with Gasteiger partial charge in [0, 0.05) is 37.1 Å². The average molecular weight is 371 g/mol. The first-order valence-corrected chi connectivity index (χ1v) is 10.2. The Morgan fingerprint density at radius 1 is 1.12 bits per heavy atom. The number of carbonyl (C=O) groups is 1. The monoisotopic (exact) mass is 371 g/mol. The number of likely N-dealkylation sites (tertiary alicyclic amines) is 1. The van der Waals surface area contributed by atoms with Crippen LogP contribution in [-0.2, 0) is 4.79 Å². The van der Waals surface area contributed by atoms with E-state index in [0.717, 1.165) is 12.8 Å². The second-order valence-electron chi connectivity index (χ2n) is 8.65. The van der Waals surface area contributed by atoms with Crippen molar-refractivity contribution in [2.75, 3.05) is 13.6 Å². The Kier molecular flexibility index (Phi) is 7.48. The molecule has 2 heterocycles. The van der Waals surface area contributed by atoms with Crippen molar-refractivity contribution in [3.63, 3.8) is 0 Å². The molecule has 2 aliphatic heterocycles. The number of amides is 1. The van der Waals surface area contributed by atoms with Gasteiger partial charge in [-0.05, 0) is 57.9 Å². The average Bonchev–Trinajstić information content (AvgIpc) is 2.97. The van der Waals surface area contributed by atoms with Gasteiger partial charge in [0.15, 0.2) is 0 Å². The maximum Gasteiger partial charge on any atom is 0.637 e. The highest BCUT2D eigenvalue weighted by Crippen LogP contribution is 2.43. The van der Waals surface area contributed by atoms with Crippen molar-refractivity contribution in [1.82, 2.24) is 15.0 Å². The van der Waals surface area contributed by atoms with Crippen molar-refractivity contribution < 1.29 is 13.4 Å². The second-order valence-corrected chi connectivity index (χ2v) is 8.65. The van der Waals surface area contributed by atoms with Crippen molar-refractivity contribution in [2.24, 2.45) is 17.8 Å². The maximum atomic E-state index is 13.9. The van der Waals surface area contributed by atoms with Gasteiger partial charge in [-0.15, -0.1) is 0 Å². The van der Waals surface area contributed by atoms with E-state index in [-0.39, 0.29) is 35.9 Å². The van der Waals surface area contributed by atoms with Crippen LogP contribution in [-0.4, -0.2) is 60.8 Å². The SMILES string of the molecule is CCNC(=O)CCC(C1C(C)CC(C)N1C)C1C(C)CC(C)N1B(F)F. The molecule has 2 rings (SSSR count). The van der Waals surface area contributed by atoms with Gasteiger partial charge < -0.3 is 10.2 Å². The van der Waals surface area contributed by atoms with Crippen LogP contribution in [0.5, 0.6) is 0 Å². The summed E-state index contributed by atoms with van der Waals surface area (Å²) in [7, 11) is -0.320. The van der Waals surface area contributed by atoms with Gasteiger partial charge in [-0.2, -0.15) is 0 Å². The molecule has 0 bridgehead atoms. The summed E-state index contributed by atoms with van der Waals surface area (Å²) in [6, 6.07) is 0.426. The highest BCUT2D eigenvalue weighted by atomic mass is 19.2. The highest BCUT2D eigenvalue weighted by Gasteiger charge is 2.51. The predicted molar refractivity (Wildman–Crippen MR) is 103 cm³/mol. The smallest absolute Gasteiger partial charge is 0.356 e. The Hall–Kier alpha value is -0.685. The van der Waals surface area contributed by atoms with E-state index in [1.54, 1.807) is 0 Å². The molecule has 2 aliphatic rings. The molecule has 4 nitrogen and oxygen atoms in total. The number of hydrogen-bond acceptors (Lipinski definition) is 3. The maximum absolute atomic E-state index is 13.9. The summed E-state index contributed by atoms with van der Waals surface area (Å²) in [6.45, 7) is 11.0. The van der Waals surface area contributed by atoms with Gasteiger partial charge in [-0.1, -0.05) is 20.8 Å². The van der Waals surface area contributed by atoms with Crippen LogP contribution in [0.1, 0.15) is 60.3 Å². The van der Waals surface area contributed by atoms with Gasteiger partial charge in [0.2, 0.25) is 5.91 Å². The van der Waals surface area contributed by atoms with Gasteiger partial charge in [0.05, 0.1) is 0 Å². The molecule has 7 atom stereocenters. The van der Waals surface area contributed by atoms with E-state index in [0.29, 0.717) is 31.3 Å². The van der Waals surface area contributed by atoms with E-state index >= 15 is 0 Å². The zero-order valence-corrected chi connectivity index (χ0v) is 17.2. The quantitative estimate of drug-likeness (QED) is 0.698. The molecule has 0 spiro atoms. The number of rotatable bonds is 7. The minimum Gasteiger partial charge on any atom is -0.356 e. The molecule has 1 amide bonds. The van der Waals surface area contributed by atoms with Crippen LogP contribution in [0, 0.1) is 17.8 Å². The summed E-state index contributed by atoms with van der Waals surface area (Å²) in [5.74, 6) is 0.782. The van der Waals surface area contributed by atoms with Crippen LogP contribution in [0.25, 0.3) is 0 Å². The molecule has 2 saturated heterocycles. The van der Waals surface area contributed by atoms with Crippen LogP contribution in [0.4, 0.5) is 8.63 Å². The molecule has 0 aliphatic carbocycles. The van der Waals surface area contributed by atoms with Crippen LogP contribution in [0.15, 0.2) is 0 Å². The molecular formula is C19H36BF2N3O. The molecule has 150 valence electrons. The van der Waals surface area contributed by atoms with E-state index < -0.39 is 7.40 Å². The number of nitrogens with zero attached hydrogens (tertiary/aromatic N) is 2. The Bertz CT molecular complexity index is 482. The molecule has 7 unspecified atom stereocenters. The lowest BCUT2D eigenvalue weighted by molar-refractivity contribution is -0.121. The fourth-order valence-corrected chi connectivity index (χ4v) is 5.74. The summed E-state index contributed by atoms with van der Waals surface area (Å²) in [6.07, 6.45) is 2.97. The molecule has 0 aromatic heterocycles. The zero-order valence-electron chi connectivity index (χ0n) is 17.2. The lowest BCUT2D eigenvalue weighted by atomic mass is 9.76. The third kappa shape index (κ3) is 4.41. The normalized spacial score (nSPS) is 37.1. The molecule has 2 fully saturated rings. The van der Waals surface area contributed by atoms with Gasteiger partial charge in [-0.25, -0.2) is 0 Å². The number of hydrogen-bond donors (Lipinski definition) is 1. The van der Waals surface area contributed by atoms with E-state index in [9.17, 15) is 13.4 Å². The van der Waals surface area contributed by atoms with E-state index in [1.807, 2.05) is 13.8 Å². The highest BCUT2D eigenvalue weighted by molar-refractivity contribution is 6.39. The molecule has 0 aromatic rings. The number of nitrogens with one attached hydrogen (secondary N) is 1. The second kappa shape index (κ2) is 9.00. The first kappa shape index (κ1) is 21.6. The van der Waals surface area contributed by atoms with Crippen molar-refractivity contribution in [2.45, 2.75) is 84.5 Å². The van der Waals surface area contributed by atoms with Crippen LogP contribution in [0.2, 0.25) is 0 Å². The van der Waals surface area contributed by atoms with Crippen molar-refractivity contribution in [3.8, 4) is 0 Å². The largest absolute Gasteiger partial charge is 0.637 e. The first-order chi connectivity index (χ1) is 12.2. The molecule has 26 heavy (non-hydrogen) atoms. The third-order valence-corrected chi connectivity index (χ3v) is 6.79. The molecule has 0 aromatic carbocycles. The lowest BCUT2D eigenvalue weighted by Crippen LogP contribution is -2.53. The van der Waals surface area contributed by atoms with Gasteiger partial charge in [-0.3, -0.25) is 18.2 Å². The molecule has 0 saturated carbocycles. The summed E-state index contributed by atoms with van der Waals surface area (Å²) in [4.78, 5) is 15.9. The van der Waals surface area contributed by atoms with E-state index in [4.69, 9.17) is 0 Å². The zero-order chi connectivity index (χ0) is 19.6. The number of halogens is 2. The summed E-state index contributed by atoms with van der Waals surface area (Å²) >= 11 is 0. The third-order valence-electron chi connectivity index (χ3n) is 6.79. The van der Waals surface area contributed by atoms with Crippen molar-refractivity contribution in [3.05, 3.63) is 0 Å². The minimum absolute atomic E-state index is 0.0288. The molecular weight excluding hydrogens is 335 g/mol. The van der Waals surface area contributed by atoms with E-state index in [1.165, 1.54) is 4.81 Å². The standard InChI is InChI=1S/C19H36BF2N3O/c1-7-23-17(26)9-8-16(18-12(2)10-14(4)24(18)6)19-13(3)11-15(5)25(19)20(21)22/h12-16,18-19H,7-11H2,1-6H3,(H,23,26). The van der Waals surface area contributed by atoms with Crippen LogP contribution >= 0.6 is 0 Å². The fourth-order valence-electron chi connectivity index (χ4n) is 5.74. The van der Waals surface area contributed by atoms with E-state index in [2.05, 4.69) is 38.0 Å². The molecule has 7 heteroatoms.